The second-order valence-corrected chi connectivity index (χ2v) is 5.25. The minimum absolute atomic E-state index is 0.0108. The van der Waals surface area contributed by atoms with Gasteiger partial charge < -0.3 is 10.2 Å². The summed E-state index contributed by atoms with van der Waals surface area (Å²) in [6, 6.07) is 5.54. The summed E-state index contributed by atoms with van der Waals surface area (Å²) in [7, 11) is 0. The Balaban J connectivity index is 2.69. The van der Waals surface area contributed by atoms with E-state index in [9.17, 15) is 0 Å². The lowest BCUT2D eigenvalue weighted by Crippen LogP contribution is -1.99. The zero-order valence-electron chi connectivity index (χ0n) is 8.61. The van der Waals surface area contributed by atoms with Gasteiger partial charge in [-0.25, -0.2) is 0 Å². The molecule has 0 bridgehead atoms. The highest BCUT2D eigenvalue weighted by molar-refractivity contribution is 8.00. The van der Waals surface area contributed by atoms with Crippen molar-refractivity contribution in [2.75, 3.05) is 6.61 Å². The van der Waals surface area contributed by atoms with Crippen LogP contribution in [0.5, 0.6) is 0 Å². The molecule has 0 heterocycles. The third kappa shape index (κ3) is 4.03. The van der Waals surface area contributed by atoms with Crippen LogP contribution in [0.25, 0.3) is 0 Å². The van der Waals surface area contributed by atoms with E-state index in [0.717, 1.165) is 16.9 Å². The summed E-state index contributed by atoms with van der Waals surface area (Å²) in [5, 5.41) is 18.7. The summed E-state index contributed by atoms with van der Waals surface area (Å²) in [5.41, 5.74) is 0.819. The predicted molar refractivity (Wildman–Crippen MR) is 64.4 cm³/mol. The van der Waals surface area contributed by atoms with Crippen LogP contribution < -0.4 is 0 Å². The van der Waals surface area contributed by atoms with Crippen molar-refractivity contribution in [3.63, 3.8) is 0 Å². The van der Waals surface area contributed by atoms with Crippen molar-refractivity contribution in [1.29, 1.82) is 0 Å². The van der Waals surface area contributed by atoms with Crippen LogP contribution in [-0.2, 0) is 6.61 Å². The van der Waals surface area contributed by atoms with Crippen molar-refractivity contribution >= 4 is 23.4 Å². The first-order chi connectivity index (χ1) is 7.17. The van der Waals surface area contributed by atoms with Crippen molar-refractivity contribution < 1.29 is 10.2 Å². The Morgan fingerprint density at radius 3 is 2.67 bits per heavy atom. The van der Waals surface area contributed by atoms with E-state index in [4.69, 9.17) is 21.8 Å². The quantitative estimate of drug-likeness (QED) is 0.785. The summed E-state index contributed by atoms with van der Waals surface area (Å²) in [6.07, 6.45) is 0.753. The molecule has 0 saturated carbocycles. The fourth-order valence-corrected chi connectivity index (χ4v) is 2.51. The SMILES string of the molecule is CC(CCO)Sc1ccc(CO)cc1Cl. The maximum absolute atomic E-state index is 8.92. The number of hydrogen-bond acceptors (Lipinski definition) is 3. The van der Waals surface area contributed by atoms with E-state index in [0.29, 0.717) is 10.3 Å². The molecule has 0 fully saturated rings. The van der Waals surface area contributed by atoms with E-state index in [1.807, 2.05) is 12.1 Å². The standard InChI is InChI=1S/C11H15ClO2S/c1-8(4-5-13)15-11-3-2-9(7-14)6-10(11)12/h2-3,6,8,13-14H,4-5,7H2,1H3. The molecule has 0 amide bonds. The molecule has 84 valence electrons. The number of benzene rings is 1. The van der Waals surface area contributed by atoms with E-state index in [1.54, 1.807) is 17.8 Å². The molecule has 0 aliphatic carbocycles. The number of thioether (sulfide) groups is 1. The van der Waals surface area contributed by atoms with Gasteiger partial charge in [-0.05, 0) is 24.1 Å². The number of aliphatic hydroxyl groups excluding tert-OH is 2. The topological polar surface area (TPSA) is 40.5 Å². The van der Waals surface area contributed by atoms with Crippen LogP contribution in [0.4, 0.5) is 0 Å². The highest BCUT2D eigenvalue weighted by atomic mass is 35.5. The van der Waals surface area contributed by atoms with Gasteiger partial charge in [-0.3, -0.25) is 0 Å². The van der Waals surface area contributed by atoms with Crippen molar-refractivity contribution in [1.82, 2.24) is 0 Å². The molecule has 0 aliphatic heterocycles. The summed E-state index contributed by atoms with van der Waals surface area (Å²) in [5.74, 6) is 0. The molecule has 0 aliphatic rings. The fraction of sp³-hybridized carbons (Fsp3) is 0.455. The van der Waals surface area contributed by atoms with Gasteiger partial charge >= 0.3 is 0 Å². The minimum Gasteiger partial charge on any atom is -0.396 e. The van der Waals surface area contributed by atoms with E-state index < -0.39 is 0 Å². The number of aliphatic hydroxyl groups is 2. The average Bonchev–Trinajstić information content (AvgIpc) is 2.21. The Morgan fingerprint density at radius 2 is 2.13 bits per heavy atom. The second-order valence-electron chi connectivity index (χ2n) is 3.36. The molecular weight excluding hydrogens is 232 g/mol. The van der Waals surface area contributed by atoms with E-state index >= 15 is 0 Å². The van der Waals surface area contributed by atoms with E-state index in [1.165, 1.54) is 0 Å². The monoisotopic (exact) mass is 246 g/mol. The maximum Gasteiger partial charge on any atom is 0.0682 e. The average molecular weight is 247 g/mol. The lowest BCUT2D eigenvalue weighted by Gasteiger charge is -2.11. The first-order valence-electron chi connectivity index (χ1n) is 4.84. The van der Waals surface area contributed by atoms with E-state index in [-0.39, 0.29) is 13.2 Å². The van der Waals surface area contributed by atoms with Gasteiger partial charge in [-0.2, -0.15) is 0 Å². The Bertz CT molecular complexity index is 317. The third-order valence-corrected chi connectivity index (χ3v) is 3.72. The van der Waals surface area contributed by atoms with Crippen molar-refractivity contribution in [3.8, 4) is 0 Å². The van der Waals surface area contributed by atoms with Gasteiger partial charge in [0.05, 0.1) is 11.6 Å². The van der Waals surface area contributed by atoms with Crippen LogP contribution in [0.15, 0.2) is 23.1 Å². The molecule has 0 saturated heterocycles. The third-order valence-electron chi connectivity index (χ3n) is 2.04. The molecular formula is C11H15ClO2S. The molecule has 2 N–H and O–H groups in total. The highest BCUT2D eigenvalue weighted by Crippen LogP contribution is 2.32. The molecule has 1 aromatic rings. The molecule has 1 aromatic carbocycles. The molecule has 0 aromatic heterocycles. The molecule has 0 radical (unpaired) electrons. The highest BCUT2D eigenvalue weighted by Gasteiger charge is 2.07. The summed E-state index contributed by atoms with van der Waals surface area (Å²) in [4.78, 5) is 0.995. The van der Waals surface area contributed by atoms with Gasteiger partial charge in [-0.1, -0.05) is 24.6 Å². The van der Waals surface area contributed by atoms with Crippen LogP contribution in [0, 0.1) is 0 Å². The van der Waals surface area contributed by atoms with Gasteiger partial charge in [0.25, 0.3) is 0 Å². The summed E-state index contributed by atoms with van der Waals surface area (Å²) < 4.78 is 0. The molecule has 1 rings (SSSR count). The first kappa shape index (κ1) is 12.8. The number of hydrogen-bond donors (Lipinski definition) is 2. The molecule has 1 unspecified atom stereocenters. The van der Waals surface area contributed by atoms with Crippen molar-refractivity contribution in [2.24, 2.45) is 0 Å². The zero-order valence-corrected chi connectivity index (χ0v) is 10.2. The Labute approximate surface area is 99.3 Å². The largest absolute Gasteiger partial charge is 0.396 e. The van der Waals surface area contributed by atoms with Crippen LogP contribution in [0.2, 0.25) is 5.02 Å². The smallest absolute Gasteiger partial charge is 0.0682 e. The van der Waals surface area contributed by atoms with Gasteiger partial charge in [-0.15, -0.1) is 11.8 Å². The Hall–Kier alpha value is -0.220. The summed E-state index contributed by atoms with van der Waals surface area (Å²) >= 11 is 7.70. The second kappa shape index (κ2) is 6.38. The number of halogens is 1. The Morgan fingerprint density at radius 1 is 1.40 bits per heavy atom. The number of rotatable bonds is 5. The van der Waals surface area contributed by atoms with E-state index in [2.05, 4.69) is 6.92 Å². The summed E-state index contributed by atoms with van der Waals surface area (Å²) in [6.45, 7) is 2.26. The fourth-order valence-electron chi connectivity index (χ4n) is 1.20. The van der Waals surface area contributed by atoms with Crippen molar-refractivity contribution in [2.45, 2.75) is 30.1 Å². The predicted octanol–water partition coefficient (Wildman–Crippen LogP) is 2.70. The molecule has 0 spiro atoms. The first-order valence-corrected chi connectivity index (χ1v) is 6.10. The van der Waals surface area contributed by atoms with Gasteiger partial charge in [0, 0.05) is 16.8 Å². The minimum atomic E-state index is 0.0108. The normalized spacial score (nSPS) is 12.8. The molecule has 1 atom stereocenters. The molecule has 15 heavy (non-hydrogen) atoms. The maximum atomic E-state index is 8.92. The molecule has 2 nitrogen and oxygen atoms in total. The Kier molecular flexibility index (Phi) is 5.47. The molecule has 4 heteroatoms. The zero-order chi connectivity index (χ0) is 11.3. The van der Waals surface area contributed by atoms with Crippen LogP contribution in [-0.4, -0.2) is 22.1 Å². The van der Waals surface area contributed by atoms with Gasteiger partial charge in [0.15, 0.2) is 0 Å². The van der Waals surface area contributed by atoms with Gasteiger partial charge in [0.2, 0.25) is 0 Å². The van der Waals surface area contributed by atoms with Crippen molar-refractivity contribution in [3.05, 3.63) is 28.8 Å². The lowest BCUT2D eigenvalue weighted by atomic mass is 10.2. The lowest BCUT2D eigenvalue weighted by molar-refractivity contribution is 0.282. The van der Waals surface area contributed by atoms with Crippen LogP contribution >= 0.6 is 23.4 Å². The van der Waals surface area contributed by atoms with Gasteiger partial charge in [0.1, 0.15) is 0 Å². The van der Waals surface area contributed by atoms with Crippen LogP contribution in [0.3, 0.4) is 0 Å². The van der Waals surface area contributed by atoms with Crippen LogP contribution in [0.1, 0.15) is 18.9 Å².